The molecule has 4 heterocycles. The summed E-state index contributed by atoms with van der Waals surface area (Å²) < 4.78 is 32.1. The molecule has 0 spiro atoms. The Labute approximate surface area is 208 Å². The van der Waals surface area contributed by atoms with E-state index in [-0.39, 0.29) is 24.5 Å². The zero-order valence-electron chi connectivity index (χ0n) is 20.3. The van der Waals surface area contributed by atoms with Crippen molar-refractivity contribution in [1.29, 1.82) is 0 Å². The van der Waals surface area contributed by atoms with Gasteiger partial charge in [0.05, 0.1) is 12.9 Å². The molecule has 3 fully saturated rings. The maximum Gasteiger partial charge on any atom is 0.320 e. The van der Waals surface area contributed by atoms with Gasteiger partial charge in [-0.05, 0) is 45.1 Å². The van der Waals surface area contributed by atoms with Crippen LogP contribution in [0.2, 0.25) is 0 Å². The molecule has 36 heavy (non-hydrogen) atoms. The lowest BCUT2D eigenvalue weighted by Gasteiger charge is -2.26. The van der Waals surface area contributed by atoms with E-state index in [2.05, 4.69) is 15.0 Å². The fourth-order valence-electron chi connectivity index (χ4n) is 5.22. The zero-order chi connectivity index (χ0) is 24.9. The van der Waals surface area contributed by atoms with Gasteiger partial charge in [0, 0.05) is 0 Å². The molecule has 1 unspecified atom stereocenters. The fourth-order valence-corrected chi connectivity index (χ4v) is 5.22. The Morgan fingerprint density at radius 2 is 1.89 bits per heavy atom. The van der Waals surface area contributed by atoms with E-state index in [0.29, 0.717) is 11.2 Å². The SMILES string of the molecule is CC1(C)O[C@@H]2[C@H](O1)[C@@H](C(O)OCc1ccccc1)O[C@H]2n1cnc2c(N)nc(OC3CCCC3)nc21. The predicted molar refractivity (Wildman–Crippen MR) is 128 cm³/mol. The number of anilines is 1. The number of aromatic nitrogens is 4. The van der Waals surface area contributed by atoms with Crippen LogP contribution in [-0.2, 0) is 25.6 Å². The summed E-state index contributed by atoms with van der Waals surface area (Å²) in [5.74, 6) is -0.636. The van der Waals surface area contributed by atoms with E-state index < -0.39 is 36.6 Å². The van der Waals surface area contributed by atoms with Gasteiger partial charge in [-0.2, -0.15) is 9.97 Å². The van der Waals surface area contributed by atoms with E-state index in [1.807, 2.05) is 44.2 Å². The molecule has 0 radical (unpaired) electrons. The summed E-state index contributed by atoms with van der Waals surface area (Å²) in [4.78, 5) is 13.3. The van der Waals surface area contributed by atoms with Crippen molar-refractivity contribution in [3.05, 3.63) is 42.2 Å². The number of hydrogen-bond donors (Lipinski definition) is 2. The van der Waals surface area contributed by atoms with Gasteiger partial charge in [-0.1, -0.05) is 30.3 Å². The number of ether oxygens (including phenoxy) is 5. The number of hydrogen-bond acceptors (Lipinski definition) is 10. The van der Waals surface area contributed by atoms with Gasteiger partial charge < -0.3 is 34.5 Å². The standard InChI is InChI=1S/C25H31N5O6/c1-25(2)35-17-18(36-25)22(34-19(17)23(31)32-12-14-8-4-3-5-9-14)30-13-27-16-20(26)28-24(29-21(16)30)33-15-10-6-7-11-15/h3-5,8-9,13,15,17-19,22-23,31H,6-7,10-12H2,1-2H3,(H2,26,28,29)/t17-,18+,19-,22+,23?/m0/s1. The van der Waals surface area contributed by atoms with Crippen molar-refractivity contribution in [2.75, 3.05) is 5.73 Å². The molecule has 0 amide bonds. The van der Waals surface area contributed by atoms with Gasteiger partial charge in [-0.3, -0.25) is 4.57 Å². The van der Waals surface area contributed by atoms with Crippen LogP contribution in [0.3, 0.4) is 0 Å². The maximum absolute atomic E-state index is 10.9. The highest BCUT2D eigenvalue weighted by molar-refractivity contribution is 5.82. The summed E-state index contributed by atoms with van der Waals surface area (Å²) in [5, 5.41) is 10.9. The largest absolute Gasteiger partial charge is 0.460 e. The summed E-state index contributed by atoms with van der Waals surface area (Å²) in [7, 11) is 0. The number of benzene rings is 1. The van der Waals surface area contributed by atoms with E-state index >= 15 is 0 Å². The summed E-state index contributed by atoms with van der Waals surface area (Å²) in [5.41, 5.74) is 8.05. The highest BCUT2D eigenvalue weighted by Crippen LogP contribution is 2.45. The predicted octanol–water partition coefficient (Wildman–Crippen LogP) is 2.68. The van der Waals surface area contributed by atoms with Crippen LogP contribution >= 0.6 is 0 Å². The van der Waals surface area contributed by atoms with Crippen LogP contribution in [-0.4, -0.2) is 61.1 Å². The summed E-state index contributed by atoms with van der Waals surface area (Å²) in [6, 6.07) is 9.84. The number of aliphatic hydroxyl groups is 1. The molecule has 1 aromatic carbocycles. The van der Waals surface area contributed by atoms with Gasteiger partial charge in [0.1, 0.15) is 24.4 Å². The van der Waals surface area contributed by atoms with Crippen molar-refractivity contribution in [2.45, 2.75) is 88.9 Å². The topological polar surface area (TPSA) is 136 Å². The van der Waals surface area contributed by atoms with Crippen LogP contribution in [0.1, 0.15) is 51.3 Å². The first-order chi connectivity index (χ1) is 17.4. The molecule has 2 aromatic heterocycles. The van der Waals surface area contributed by atoms with Gasteiger partial charge >= 0.3 is 6.01 Å². The summed E-state index contributed by atoms with van der Waals surface area (Å²) in [6.45, 7) is 3.89. The molecule has 3 N–H and O–H groups in total. The third-order valence-corrected chi connectivity index (χ3v) is 6.89. The lowest BCUT2D eigenvalue weighted by molar-refractivity contribution is -0.242. The third kappa shape index (κ3) is 4.41. The second-order valence-corrected chi connectivity index (χ2v) is 9.98. The van der Waals surface area contributed by atoms with E-state index in [9.17, 15) is 5.11 Å². The van der Waals surface area contributed by atoms with Crippen LogP contribution in [0.5, 0.6) is 6.01 Å². The van der Waals surface area contributed by atoms with Crippen molar-refractivity contribution < 1.29 is 28.8 Å². The Morgan fingerprint density at radius 3 is 2.67 bits per heavy atom. The molecule has 1 aliphatic carbocycles. The van der Waals surface area contributed by atoms with Crippen molar-refractivity contribution >= 4 is 17.0 Å². The minimum absolute atomic E-state index is 0.0824. The average Bonchev–Trinajstić information content (AvgIpc) is 3.62. The van der Waals surface area contributed by atoms with Crippen LogP contribution in [0.15, 0.2) is 36.7 Å². The normalized spacial score (nSPS) is 28.5. The van der Waals surface area contributed by atoms with Gasteiger partial charge in [0.2, 0.25) is 0 Å². The van der Waals surface area contributed by atoms with Crippen molar-refractivity contribution in [3.8, 4) is 6.01 Å². The quantitative estimate of drug-likeness (QED) is 0.469. The molecular weight excluding hydrogens is 466 g/mol. The number of rotatable bonds is 7. The van der Waals surface area contributed by atoms with E-state index in [0.717, 1.165) is 31.2 Å². The molecular formula is C25H31N5O6. The molecule has 5 atom stereocenters. The number of fused-ring (bicyclic) bond motifs is 2. The fraction of sp³-hybridized carbons (Fsp3) is 0.560. The molecule has 6 rings (SSSR count). The Bertz CT molecular complexity index is 1210. The van der Waals surface area contributed by atoms with Gasteiger partial charge in [0.25, 0.3) is 0 Å². The Morgan fingerprint density at radius 1 is 1.14 bits per heavy atom. The lowest BCUT2D eigenvalue weighted by atomic mass is 10.1. The molecule has 3 aliphatic rings. The van der Waals surface area contributed by atoms with Crippen LogP contribution in [0.4, 0.5) is 5.82 Å². The minimum Gasteiger partial charge on any atom is -0.460 e. The van der Waals surface area contributed by atoms with Crippen LogP contribution in [0, 0.1) is 0 Å². The summed E-state index contributed by atoms with van der Waals surface area (Å²) in [6.07, 6.45) is 2.05. The van der Waals surface area contributed by atoms with Gasteiger partial charge in [-0.15, -0.1) is 0 Å². The molecule has 2 saturated heterocycles. The monoisotopic (exact) mass is 497 g/mol. The number of aliphatic hydroxyl groups excluding tert-OH is 1. The molecule has 2 aliphatic heterocycles. The first-order valence-corrected chi connectivity index (χ1v) is 12.4. The summed E-state index contributed by atoms with van der Waals surface area (Å²) >= 11 is 0. The average molecular weight is 498 g/mol. The van der Waals surface area contributed by atoms with E-state index in [1.165, 1.54) is 0 Å². The Balaban J connectivity index is 1.28. The molecule has 11 nitrogen and oxygen atoms in total. The van der Waals surface area contributed by atoms with Crippen molar-refractivity contribution in [2.24, 2.45) is 0 Å². The second kappa shape index (κ2) is 9.24. The Kier molecular flexibility index (Phi) is 6.05. The van der Waals surface area contributed by atoms with E-state index in [1.54, 1.807) is 10.9 Å². The Hall–Kier alpha value is -2.83. The number of nitrogen functional groups attached to an aromatic ring is 1. The third-order valence-electron chi connectivity index (χ3n) is 6.89. The zero-order valence-corrected chi connectivity index (χ0v) is 20.3. The number of nitrogens with two attached hydrogens (primary N) is 1. The smallest absolute Gasteiger partial charge is 0.320 e. The van der Waals surface area contributed by atoms with Crippen LogP contribution in [0.25, 0.3) is 11.2 Å². The molecule has 192 valence electrons. The highest BCUT2D eigenvalue weighted by Gasteiger charge is 2.58. The number of imidazole rings is 1. The van der Waals surface area contributed by atoms with Crippen molar-refractivity contribution in [3.63, 3.8) is 0 Å². The van der Waals surface area contributed by atoms with Gasteiger partial charge in [0.15, 0.2) is 35.3 Å². The minimum atomic E-state index is -1.24. The highest BCUT2D eigenvalue weighted by atomic mass is 16.8. The maximum atomic E-state index is 10.9. The number of nitrogens with zero attached hydrogens (tertiary/aromatic N) is 4. The second-order valence-electron chi connectivity index (χ2n) is 9.98. The molecule has 0 bridgehead atoms. The van der Waals surface area contributed by atoms with E-state index in [4.69, 9.17) is 29.4 Å². The van der Waals surface area contributed by atoms with Crippen LogP contribution < -0.4 is 10.5 Å². The molecule has 11 heteroatoms. The molecule has 1 saturated carbocycles. The first-order valence-electron chi connectivity index (χ1n) is 12.4. The van der Waals surface area contributed by atoms with Crippen molar-refractivity contribution in [1.82, 2.24) is 19.5 Å². The lowest BCUT2D eigenvalue weighted by Crippen LogP contribution is -2.40. The molecule has 3 aromatic rings. The van der Waals surface area contributed by atoms with Gasteiger partial charge in [-0.25, -0.2) is 4.98 Å². The first kappa shape index (κ1) is 23.6.